The van der Waals surface area contributed by atoms with E-state index in [1.54, 1.807) is 34.8 Å². The van der Waals surface area contributed by atoms with Crippen molar-refractivity contribution in [1.29, 1.82) is 0 Å². The van der Waals surface area contributed by atoms with Crippen molar-refractivity contribution >= 4 is 23.3 Å². The summed E-state index contributed by atoms with van der Waals surface area (Å²) in [4.78, 5) is 32.6. The Hall–Kier alpha value is -3.13. The molecule has 1 aliphatic carbocycles. The lowest BCUT2D eigenvalue weighted by Crippen LogP contribution is -2.47. The maximum Gasteiger partial charge on any atom is 0.276 e. The Morgan fingerprint density at radius 1 is 1.10 bits per heavy atom. The van der Waals surface area contributed by atoms with Crippen LogP contribution in [0.5, 0.6) is 0 Å². The third kappa shape index (κ3) is 5.32. The normalized spacial score (nSPS) is 14.8. The maximum atomic E-state index is 13.5. The SMILES string of the molecule is O=C(NC1CCCC1)C(c1ccncc1)N(CCc1ccccc1)C(=O)c1csnn1. The molecule has 2 amide bonds. The van der Waals surface area contributed by atoms with E-state index >= 15 is 0 Å². The van der Waals surface area contributed by atoms with Crippen molar-refractivity contribution in [2.24, 2.45) is 0 Å². The number of rotatable bonds is 8. The van der Waals surface area contributed by atoms with E-state index in [1.807, 2.05) is 30.3 Å². The molecule has 31 heavy (non-hydrogen) atoms. The molecule has 0 radical (unpaired) electrons. The van der Waals surface area contributed by atoms with Gasteiger partial charge in [0, 0.05) is 30.4 Å². The summed E-state index contributed by atoms with van der Waals surface area (Å²) in [5.41, 5.74) is 2.09. The van der Waals surface area contributed by atoms with Crippen LogP contribution >= 0.6 is 11.5 Å². The van der Waals surface area contributed by atoms with Crippen LogP contribution in [0.15, 0.2) is 60.2 Å². The summed E-state index contributed by atoms with van der Waals surface area (Å²) in [6.07, 6.45) is 8.11. The molecule has 4 rings (SSSR count). The van der Waals surface area contributed by atoms with Gasteiger partial charge in [-0.05, 0) is 54.1 Å². The predicted molar refractivity (Wildman–Crippen MR) is 118 cm³/mol. The van der Waals surface area contributed by atoms with Crippen molar-refractivity contribution in [3.05, 3.63) is 77.1 Å². The Morgan fingerprint density at radius 3 is 2.52 bits per heavy atom. The van der Waals surface area contributed by atoms with Crippen molar-refractivity contribution in [2.45, 2.75) is 44.2 Å². The van der Waals surface area contributed by atoms with E-state index in [1.165, 1.54) is 0 Å². The van der Waals surface area contributed by atoms with E-state index in [0.717, 1.165) is 48.3 Å². The highest BCUT2D eigenvalue weighted by molar-refractivity contribution is 7.03. The summed E-state index contributed by atoms with van der Waals surface area (Å²) in [6, 6.07) is 12.9. The molecule has 8 heteroatoms. The molecule has 1 aliphatic rings. The summed E-state index contributed by atoms with van der Waals surface area (Å²) in [5, 5.41) is 8.75. The van der Waals surface area contributed by atoms with Gasteiger partial charge in [0.2, 0.25) is 5.91 Å². The molecule has 1 atom stereocenters. The summed E-state index contributed by atoms with van der Waals surface area (Å²) >= 11 is 1.12. The average molecular weight is 436 g/mol. The second-order valence-corrected chi connectivity index (χ2v) is 8.31. The summed E-state index contributed by atoms with van der Waals surface area (Å²) in [5.74, 6) is -0.462. The fourth-order valence-electron chi connectivity index (χ4n) is 4.02. The Kier molecular flexibility index (Phi) is 6.99. The minimum atomic E-state index is -0.762. The summed E-state index contributed by atoms with van der Waals surface area (Å²) < 4.78 is 3.84. The van der Waals surface area contributed by atoms with Gasteiger partial charge in [0.05, 0.1) is 0 Å². The van der Waals surface area contributed by atoms with E-state index in [2.05, 4.69) is 19.9 Å². The van der Waals surface area contributed by atoms with Crippen LogP contribution < -0.4 is 5.32 Å². The number of amides is 2. The highest BCUT2D eigenvalue weighted by Gasteiger charge is 2.34. The molecule has 1 unspecified atom stereocenters. The van der Waals surface area contributed by atoms with Crippen LogP contribution in [0, 0.1) is 0 Å². The molecule has 7 nitrogen and oxygen atoms in total. The first-order valence-electron chi connectivity index (χ1n) is 10.5. The first-order chi connectivity index (χ1) is 15.2. The summed E-state index contributed by atoms with van der Waals surface area (Å²) in [7, 11) is 0. The average Bonchev–Trinajstić information content (AvgIpc) is 3.52. The van der Waals surface area contributed by atoms with Gasteiger partial charge in [-0.3, -0.25) is 14.6 Å². The van der Waals surface area contributed by atoms with Crippen molar-refractivity contribution in [1.82, 2.24) is 24.8 Å². The zero-order valence-electron chi connectivity index (χ0n) is 17.2. The van der Waals surface area contributed by atoms with Crippen LogP contribution in [-0.2, 0) is 11.2 Å². The van der Waals surface area contributed by atoms with Crippen LogP contribution in [0.25, 0.3) is 0 Å². The molecular weight excluding hydrogens is 410 g/mol. The summed E-state index contributed by atoms with van der Waals surface area (Å²) in [6.45, 7) is 0.380. The Bertz CT molecular complexity index is 976. The fraction of sp³-hybridized carbons (Fsp3) is 0.348. The number of pyridine rings is 1. The monoisotopic (exact) mass is 435 g/mol. The van der Waals surface area contributed by atoms with Crippen LogP contribution in [0.1, 0.15) is 53.3 Å². The lowest BCUT2D eigenvalue weighted by Gasteiger charge is -2.31. The second kappa shape index (κ2) is 10.3. The lowest BCUT2D eigenvalue weighted by atomic mass is 10.0. The lowest BCUT2D eigenvalue weighted by molar-refractivity contribution is -0.126. The number of nitrogens with one attached hydrogen (secondary N) is 1. The molecule has 1 aromatic carbocycles. The number of carbonyl (C=O) groups is 2. The van der Waals surface area contributed by atoms with Crippen molar-refractivity contribution in [3.63, 3.8) is 0 Å². The van der Waals surface area contributed by atoms with Crippen LogP contribution in [-0.4, -0.2) is 43.9 Å². The predicted octanol–water partition coefficient (Wildman–Crippen LogP) is 3.42. The van der Waals surface area contributed by atoms with E-state index in [4.69, 9.17) is 0 Å². The Morgan fingerprint density at radius 2 is 1.84 bits per heavy atom. The molecule has 2 aromatic heterocycles. The van der Waals surface area contributed by atoms with E-state index in [9.17, 15) is 9.59 Å². The molecule has 1 N–H and O–H groups in total. The molecule has 1 saturated carbocycles. The molecule has 2 heterocycles. The number of hydrogen-bond donors (Lipinski definition) is 1. The molecule has 160 valence electrons. The highest BCUT2D eigenvalue weighted by Crippen LogP contribution is 2.25. The third-order valence-corrected chi connectivity index (χ3v) is 6.11. The van der Waals surface area contributed by atoms with Gasteiger partial charge in [-0.15, -0.1) is 5.10 Å². The zero-order valence-corrected chi connectivity index (χ0v) is 18.0. The number of nitrogens with zero attached hydrogens (tertiary/aromatic N) is 4. The largest absolute Gasteiger partial charge is 0.351 e. The zero-order chi connectivity index (χ0) is 21.5. The molecule has 1 fully saturated rings. The van der Waals surface area contributed by atoms with Crippen molar-refractivity contribution in [3.8, 4) is 0 Å². The van der Waals surface area contributed by atoms with Gasteiger partial charge in [0.15, 0.2) is 5.69 Å². The first-order valence-corrected chi connectivity index (χ1v) is 11.4. The standard InChI is InChI=1S/C23H25N5O2S/c29-22(25-19-8-4-5-9-19)21(18-10-13-24-14-11-18)28(23(30)20-16-31-27-26-20)15-12-17-6-2-1-3-7-17/h1-3,6-7,10-11,13-14,16,19,21H,4-5,8-9,12,15H2,(H,25,29). The van der Waals surface area contributed by atoms with Gasteiger partial charge >= 0.3 is 0 Å². The van der Waals surface area contributed by atoms with E-state index < -0.39 is 6.04 Å². The highest BCUT2D eigenvalue weighted by atomic mass is 32.1. The molecule has 0 bridgehead atoms. The molecule has 0 saturated heterocycles. The minimum absolute atomic E-state index is 0.156. The smallest absolute Gasteiger partial charge is 0.276 e. The molecule has 0 spiro atoms. The Balaban J connectivity index is 1.65. The maximum absolute atomic E-state index is 13.5. The third-order valence-electron chi connectivity index (χ3n) is 5.61. The van der Waals surface area contributed by atoms with Gasteiger partial charge in [-0.25, -0.2) is 0 Å². The number of hydrogen-bond acceptors (Lipinski definition) is 6. The fourth-order valence-corrected chi connectivity index (χ4v) is 4.45. The number of benzene rings is 1. The minimum Gasteiger partial charge on any atom is -0.351 e. The second-order valence-electron chi connectivity index (χ2n) is 7.70. The number of carbonyl (C=O) groups excluding carboxylic acids is 2. The van der Waals surface area contributed by atoms with E-state index in [0.29, 0.717) is 13.0 Å². The Labute approximate surface area is 185 Å². The van der Waals surface area contributed by atoms with Gasteiger partial charge < -0.3 is 10.2 Å². The molecule has 3 aromatic rings. The molecular formula is C23H25N5O2S. The topological polar surface area (TPSA) is 88.1 Å². The quantitative estimate of drug-likeness (QED) is 0.586. The molecule has 0 aliphatic heterocycles. The van der Waals surface area contributed by atoms with Crippen LogP contribution in [0.2, 0.25) is 0 Å². The first kappa shape index (κ1) is 21.1. The van der Waals surface area contributed by atoms with Crippen molar-refractivity contribution in [2.75, 3.05) is 6.54 Å². The van der Waals surface area contributed by atoms with Gasteiger partial charge in [-0.1, -0.05) is 47.7 Å². The van der Waals surface area contributed by atoms with Crippen molar-refractivity contribution < 1.29 is 9.59 Å². The van der Waals surface area contributed by atoms with Gasteiger partial charge in [-0.2, -0.15) is 0 Å². The van der Waals surface area contributed by atoms with E-state index in [-0.39, 0.29) is 23.6 Å². The van der Waals surface area contributed by atoms with Gasteiger partial charge in [0.1, 0.15) is 6.04 Å². The van der Waals surface area contributed by atoms with Crippen LogP contribution in [0.3, 0.4) is 0 Å². The van der Waals surface area contributed by atoms with Gasteiger partial charge in [0.25, 0.3) is 5.91 Å². The van der Waals surface area contributed by atoms with Crippen LogP contribution in [0.4, 0.5) is 0 Å². The number of aromatic nitrogens is 3.